The molecular formula is C20H26ClN3O. The van der Waals surface area contributed by atoms with Crippen molar-refractivity contribution in [3.63, 3.8) is 0 Å². The molecule has 1 saturated heterocycles. The van der Waals surface area contributed by atoms with Gasteiger partial charge in [0.05, 0.1) is 17.3 Å². The Morgan fingerprint density at radius 3 is 2.40 bits per heavy atom. The molecule has 0 radical (unpaired) electrons. The number of carbonyl (C=O) groups is 1. The lowest BCUT2D eigenvalue weighted by Gasteiger charge is -2.36. The molecular weight excluding hydrogens is 334 g/mol. The molecule has 0 N–H and O–H groups in total. The Kier molecular flexibility index (Phi) is 5.50. The van der Waals surface area contributed by atoms with Gasteiger partial charge in [0.15, 0.2) is 5.78 Å². The quantitative estimate of drug-likeness (QED) is 0.760. The molecule has 1 aromatic heterocycles. The molecule has 1 aliphatic heterocycles. The largest absolute Gasteiger partial charge is 0.368 e. The third kappa shape index (κ3) is 3.75. The third-order valence-electron chi connectivity index (χ3n) is 5.12. The highest BCUT2D eigenvalue weighted by Crippen LogP contribution is 2.26. The van der Waals surface area contributed by atoms with Crippen LogP contribution in [0.1, 0.15) is 28.7 Å². The van der Waals surface area contributed by atoms with Crippen molar-refractivity contribution in [2.75, 3.05) is 37.6 Å². The normalized spacial score (nSPS) is 15.6. The number of Topliss-reactive ketones (excluding diaryl/α,β-unsaturated/α-hetero) is 1. The standard InChI is InChI=1S/C20H26ClN3O/c1-4-24-15(2)13-17(16(24)3)20(25)14-22-9-11-23(12-10-22)19-8-6-5-7-18(19)21/h5-8,13H,4,9-12,14H2,1-3H3. The highest BCUT2D eigenvalue weighted by atomic mass is 35.5. The van der Waals surface area contributed by atoms with Gasteiger partial charge in [0, 0.05) is 49.7 Å². The van der Waals surface area contributed by atoms with E-state index in [4.69, 9.17) is 11.6 Å². The first kappa shape index (κ1) is 18.0. The molecule has 0 bridgehead atoms. The maximum atomic E-state index is 12.7. The molecule has 4 nitrogen and oxygen atoms in total. The zero-order valence-electron chi connectivity index (χ0n) is 15.3. The smallest absolute Gasteiger partial charge is 0.178 e. The molecule has 1 aromatic carbocycles. The Morgan fingerprint density at radius 2 is 1.80 bits per heavy atom. The highest BCUT2D eigenvalue weighted by molar-refractivity contribution is 6.33. The van der Waals surface area contributed by atoms with Crippen molar-refractivity contribution in [1.82, 2.24) is 9.47 Å². The Morgan fingerprint density at radius 1 is 1.12 bits per heavy atom. The molecule has 0 saturated carbocycles. The van der Waals surface area contributed by atoms with Crippen LogP contribution in [0.5, 0.6) is 0 Å². The zero-order chi connectivity index (χ0) is 18.0. The predicted octanol–water partition coefficient (Wildman–Crippen LogP) is 3.78. The van der Waals surface area contributed by atoms with Gasteiger partial charge in [0.2, 0.25) is 0 Å². The fraction of sp³-hybridized carbons (Fsp3) is 0.450. The Bertz CT molecular complexity index is 760. The summed E-state index contributed by atoms with van der Waals surface area (Å²) in [6, 6.07) is 9.98. The van der Waals surface area contributed by atoms with Crippen LogP contribution >= 0.6 is 11.6 Å². The van der Waals surface area contributed by atoms with Crippen molar-refractivity contribution in [1.29, 1.82) is 0 Å². The van der Waals surface area contributed by atoms with Crippen LogP contribution in [-0.2, 0) is 6.54 Å². The number of aryl methyl sites for hydroxylation is 1. The van der Waals surface area contributed by atoms with Gasteiger partial charge in [-0.1, -0.05) is 23.7 Å². The number of rotatable bonds is 5. The average Bonchev–Trinajstić information content (AvgIpc) is 2.90. The molecule has 0 atom stereocenters. The van der Waals surface area contributed by atoms with E-state index in [2.05, 4.69) is 34.3 Å². The molecule has 0 unspecified atom stereocenters. The molecule has 5 heteroatoms. The number of anilines is 1. The van der Waals surface area contributed by atoms with Gasteiger partial charge >= 0.3 is 0 Å². The second kappa shape index (κ2) is 7.63. The third-order valence-corrected chi connectivity index (χ3v) is 5.44. The van der Waals surface area contributed by atoms with Gasteiger partial charge in [-0.05, 0) is 39.0 Å². The number of aromatic nitrogens is 1. The van der Waals surface area contributed by atoms with Crippen molar-refractivity contribution < 1.29 is 4.79 Å². The van der Waals surface area contributed by atoms with E-state index in [1.165, 1.54) is 0 Å². The van der Waals surface area contributed by atoms with Gasteiger partial charge in [-0.15, -0.1) is 0 Å². The van der Waals surface area contributed by atoms with Crippen LogP contribution in [0.4, 0.5) is 5.69 Å². The summed E-state index contributed by atoms with van der Waals surface area (Å²) < 4.78 is 2.20. The van der Waals surface area contributed by atoms with Crippen LogP contribution < -0.4 is 4.90 Å². The molecule has 25 heavy (non-hydrogen) atoms. The Labute approximate surface area is 155 Å². The molecule has 3 rings (SSSR count). The Hall–Kier alpha value is -1.78. The number of para-hydroxylation sites is 1. The van der Waals surface area contributed by atoms with E-state index in [9.17, 15) is 4.79 Å². The van der Waals surface area contributed by atoms with Crippen LogP contribution in [0.3, 0.4) is 0 Å². The average molecular weight is 360 g/mol. The van der Waals surface area contributed by atoms with E-state index in [-0.39, 0.29) is 5.78 Å². The van der Waals surface area contributed by atoms with E-state index in [0.29, 0.717) is 6.54 Å². The molecule has 2 heterocycles. The molecule has 134 valence electrons. The van der Waals surface area contributed by atoms with Crippen molar-refractivity contribution in [2.45, 2.75) is 27.3 Å². The number of hydrogen-bond acceptors (Lipinski definition) is 3. The maximum absolute atomic E-state index is 12.7. The minimum atomic E-state index is 0.221. The first-order chi connectivity index (χ1) is 12.0. The van der Waals surface area contributed by atoms with Crippen molar-refractivity contribution in [3.05, 3.63) is 52.3 Å². The van der Waals surface area contributed by atoms with Gasteiger partial charge in [0.1, 0.15) is 0 Å². The predicted molar refractivity (Wildman–Crippen MR) is 104 cm³/mol. The van der Waals surface area contributed by atoms with Crippen molar-refractivity contribution in [3.8, 4) is 0 Å². The number of halogens is 1. The van der Waals surface area contributed by atoms with E-state index in [1.807, 2.05) is 31.2 Å². The van der Waals surface area contributed by atoms with Gasteiger partial charge in [0.25, 0.3) is 0 Å². The van der Waals surface area contributed by atoms with Gasteiger partial charge in [-0.3, -0.25) is 9.69 Å². The second-order valence-corrected chi connectivity index (χ2v) is 7.07. The number of carbonyl (C=O) groups excluding carboxylic acids is 1. The minimum absolute atomic E-state index is 0.221. The van der Waals surface area contributed by atoms with Crippen LogP contribution in [0.15, 0.2) is 30.3 Å². The SMILES string of the molecule is CCn1c(C)cc(C(=O)CN2CCN(c3ccccc3Cl)CC2)c1C. The van der Waals surface area contributed by atoms with Crippen LogP contribution in [-0.4, -0.2) is 48.0 Å². The summed E-state index contributed by atoms with van der Waals surface area (Å²) in [6.07, 6.45) is 0. The first-order valence-electron chi connectivity index (χ1n) is 8.93. The van der Waals surface area contributed by atoms with E-state index >= 15 is 0 Å². The van der Waals surface area contributed by atoms with E-state index in [1.54, 1.807) is 0 Å². The summed E-state index contributed by atoms with van der Waals surface area (Å²) in [7, 11) is 0. The zero-order valence-corrected chi connectivity index (χ0v) is 16.0. The summed E-state index contributed by atoms with van der Waals surface area (Å²) in [5.74, 6) is 0.221. The van der Waals surface area contributed by atoms with Crippen LogP contribution in [0, 0.1) is 13.8 Å². The van der Waals surface area contributed by atoms with Crippen LogP contribution in [0.25, 0.3) is 0 Å². The van der Waals surface area contributed by atoms with Gasteiger partial charge in [-0.2, -0.15) is 0 Å². The lowest BCUT2D eigenvalue weighted by Crippen LogP contribution is -2.48. The summed E-state index contributed by atoms with van der Waals surface area (Å²) in [6.45, 7) is 11.2. The lowest BCUT2D eigenvalue weighted by molar-refractivity contribution is 0.0925. The first-order valence-corrected chi connectivity index (χ1v) is 9.30. The molecule has 1 fully saturated rings. The fourth-order valence-electron chi connectivity index (χ4n) is 3.71. The monoisotopic (exact) mass is 359 g/mol. The number of hydrogen-bond donors (Lipinski definition) is 0. The van der Waals surface area contributed by atoms with Crippen molar-refractivity contribution in [2.24, 2.45) is 0 Å². The fourth-order valence-corrected chi connectivity index (χ4v) is 3.97. The molecule has 0 amide bonds. The topological polar surface area (TPSA) is 28.5 Å². The van der Waals surface area contributed by atoms with E-state index < -0.39 is 0 Å². The minimum Gasteiger partial charge on any atom is -0.368 e. The van der Waals surface area contributed by atoms with Gasteiger partial charge < -0.3 is 9.47 Å². The van der Waals surface area contributed by atoms with Crippen LogP contribution in [0.2, 0.25) is 5.02 Å². The molecule has 1 aliphatic rings. The number of nitrogens with zero attached hydrogens (tertiary/aromatic N) is 3. The molecule has 0 spiro atoms. The van der Waals surface area contributed by atoms with E-state index in [0.717, 1.165) is 60.4 Å². The maximum Gasteiger partial charge on any atom is 0.178 e. The second-order valence-electron chi connectivity index (χ2n) is 6.67. The Balaban J connectivity index is 1.61. The number of piperazine rings is 1. The highest BCUT2D eigenvalue weighted by Gasteiger charge is 2.22. The number of benzene rings is 1. The van der Waals surface area contributed by atoms with Crippen molar-refractivity contribution >= 4 is 23.1 Å². The lowest BCUT2D eigenvalue weighted by atomic mass is 10.1. The molecule has 0 aliphatic carbocycles. The summed E-state index contributed by atoms with van der Waals surface area (Å²) in [5.41, 5.74) is 4.20. The summed E-state index contributed by atoms with van der Waals surface area (Å²) >= 11 is 6.29. The summed E-state index contributed by atoms with van der Waals surface area (Å²) in [4.78, 5) is 17.3. The number of ketones is 1. The summed E-state index contributed by atoms with van der Waals surface area (Å²) in [5, 5.41) is 0.791. The molecule has 2 aromatic rings. The van der Waals surface area contributed by atoms with Gasteiger partial charge in [-0.25, -0.2) is 0 Å².